The van der Waals surface area contributed by atoms with Gasteiger partial charge in [-0.3, -0.25) is 14.8 Å². The minimum Gasteiger partial charge on any atom is -0.392 e. The van der Waals surface area contributed by atoms with E-state index < -0.39 is 11.5 Å². The van der Waals surface area contributed by atoms with Crippen LogP contribution in [0, 0.1) is 11.2 Å². The number of H-pyrrole nitrogens is 1. The number of likely N-dealkylation sites (tertiary alicyclic amines) is 1. The Balaban J connectivity index is 1.55. The van der Waals surface area contributed by atoms with E-state index in [0.29, 0.717) is 39.0 Å². The van der Waals surface area contributed by atoms with E-state index in [0.717, 1.165) is 23.2 Å². The Morgan fingerprint density at radius 2 is 2.31 bits per heavy atom. The van der Waals surface area contributed by atoms with E-state index in [1.807, 2.05) is 6.07 Å². The molecular formula is C19H23FN4O2. The molecule has 1 spiro atoms. The van der Waals surface area contributed by atoms with Crippen molar-refractivity contribution in [3.8, 4) is 11.3 Å². The van der Waals surface area contributed by atoms with E-state index in [4.69, 9.17) is 0 Å². The predicted molar refractivity (Wildman–Crippen MR) is 94.6 cm³/mol. The van der Waals surface area contributed by atoms with Crippen molar-refractivity contribution in [3.05, 3.63) is 41.8 Å². The van der Waals surface area contributed by atoms with Gasteiger partial charge in [-0.2, -0.15) is 5.10 Å². The van der Waals surface area contributed by atoms with Gasteiger partial charge in [0, 0.05) is 37.3 Å². The Labute approximate surface area is 151 Å². The molecule has 0 radical (unpaired) electrons. The summed E-state index contributed by atoms with van der Waals surface area (Å²) in [5, 5.41) is 20.5. The maximum absolute atomic E-state index is 13.6. The highest BCUT2D eigenvalue weighted by atomic mass is 19.1. The quantitative estimate of drug-likeness (QED) is 0.780. The summed E-state index contributed by atoms with van der Waals surface area (Å²) in [5.74, 6) is -0.333. The summed E-state index contributed by atoms with van der Waals surface area (Å²) < 4.78 is 13.6. The van der Waals surface area contributed by atoms with Gasteiger partial charge in [-0.1, -0.05) is 12.1 Å². The van der Waals surface area contributed by atoms with Crippen LogP contribution in [-0.4, -0.2) is 51.8 Å². The van der Waals surface area contributed by atoms with Gasteiger partial charge in [-0.25, -0.2) is 4.39 Å². The SMILES string of the molecule is O=C1NCCC[C@]12CN(Cc1cn[nH]c1-c1cccc(F)c1)CC[C@@H]2O. The second-order valence-corrected chi connectivity index (χ2v) is 7.31. The van der Waals surface area contributed by atoms with Gasteiger partial charge >= 0.3 is 0 Å². The van der Waals surface area contributed by atoms with E-state index in [-0.39, 0.29) is 11.7 Å². The number of hydrogen-bond donors (Lipinski definition) is 3. The Kier molecular flexibility index (Phi) is 4.50. The average Bonchev–Trinajstić information content (AvgIpc) is 3.09. The van der Waals surface area contributed by atoms with Gasteiger partial charge in [0.25, 0.3) is 0 Å². The number of amides is 1. The minimum absolute atomic E-state index is 0.0431. The van der Waals surface area contributed by atoms with Gasteiger partial charge < -0.3 is 10.4 Å². The lowest BCUT2D eigenvalue weighted by molar-refractivity contribution is -0.149. The van der Waals surface area contributed by atoms with Crippen molar-refractivity contribution in [2.45, 2.75) is 31.9 Å². The fraction of sp³-hybridized carbons (Fsp3) is 0.474. The third kappa shape index (κ3) is 3.01. The number of halogens is 1. The van der Waals surface area contributed by atoms with Crippen LogP contribution in [0.2, 0.25) is 0 Å². The van der Waals surface area contributed by atoms with Crippen molar-refractivity contribution in [3.63, 3.8) is 0 Å². The molecule has 2 aromatic rings. The highest BCUT2D eigenvalue weighted by Gasteiger charge is 2.49. The lowest BCUT2D eigenvalue weighted by Crippen LogP contribution is -2.61. The summed E-state index contributed by atoms with van der Waals surface area (Å²) in [6, 6.07) is 6.41. The molecule has 138 valence electrons. The van der Waals surface area contributed by atoms with E-state index in [9.17, 15) is 14.3 Å². The average molecular weight is 358 g/mol. The summed E-state index contributed by atoms with van der Waals surface area (Å²) in [5.41, 5.74) is 1.77. The van der Waals surface area contributed by atoms with Crippen LogP contribution in [0.3, 0.4) is 0 Å². The summed E-state index contributed by atoms with van der Waals surface area (Å²) >= 11 is 0. The lowest BCUT2D eigenvalue weighted by atomic mass is 9.71. The van der Waals surface area contributed by atoms with Crippen molar-refractivity contribution in [1.82, 2.24) is 20.4 Å². The van der Waals surface area contributed by atoms with Gasteiger partial charge in [0.1, 0.15) is 5.82 Å². The number of rotatable bonds is 3. The van der Waals surface area contributed by atoms with Gasteiger partial charge in [0.2, 0.25) is 5.91 Å². The number of nitrogens with one attached hydrogen (secondary N) is 2. The van der Waals surface area contributed by atoms with Gasteiger partial charge in [-0.15, -0.1) is 0 Å². The van der Waals surface area contributed by atoms with Crippen molar-refractivity contribution in [2.75, 3.05) is 19.6 Å². The third-order valence-electron chi connectivity index (χ3n) is 5.62. The maximum Gasteiger partial charge on any atom is 0.230 e. The molecule has 0 saturated carbocycles. The van der Waals surface area contributed by atoms with Crippen LogP contribution in [0.25, 0.3) is 11.3 Å². The smallest absolute Gasteiger partial charge is 0.230 e. The lowest BCUT2D eigenvalue weighted by Gasteiger charge is -2.46. The molecule has 2 saturated heterocycles. The predicted octanol–water partition coefficient (Wildman–Crippen LogP) is 1.68. The molecule has 7 heteroatoms. The molecule has 2 atom stereocenters. The zero-order valence-corrected chi connectivity index (χ0v) is 14.5. The second-order valence-electron chi connectivity index (χ2n) is 7.31. The van der Waals surface area contributed by atoms with Crippen LogP contribution in [0.4, 0.5) is 4.39 Å². The molecule has 1 aromatic heterocycles. The molecule has 2 fully saturated rings. The number of carbonyl (C=O) groups excluding carboxylic acids is 1. The van der Waals surface area contributed by atoms with Crippen LogP contribution in [-0.2, 0) is 11.3 Å². The number of aromatic amines is 1. The van der Waals surface area contributed by atoms with Crippen molar-refractivity contribution in [2.24, 2.45) is 5.41 Å². The number of piperidine rings is 2. The first-order chi connectivity index (χ1) is 12.6. The van der Waals surface area contributed by atoms with E-state index in [1.54, 1.807) is 12.3 Å². The first-order valence-corrected chi connectivity index (χ1v) is 9.05. The molecule has 0 unspecified atom stereocenters. The molecule has 1 amide bonds. The summed E-state index contributed by atoms with van der Waals surface area (Å²) in [7, 11) is 0. The third-order valence-corrected chi connectivity index (χ3v) is 5.62. The van der Waals surface area contributed by atoms with Crippen molar-refractivity contribution < 1.29 is 14.3 Å². The number of nitrogens with zero attached hydrogens (tertiary/aromatic N) is 2. The standard InChI is InChI=1S/C19H23FN4O2/c20-15-4-1-3-13(9-15)17-14(10-22-23-17)11-24-8-5-16(25)19(12-24)6-2-7-21-18(19)26/h1,3-4,9-10,16,25H,2,5-8,11-12H2,(H,21,26)(H,22,23)/t16-,19+/m0/s1. The number of benzene rings is 1. The molecule has 6 nitrogen and oxygen atoms in total. The second kappa shape index (κ2) is 6.81. The van der Waals surface area contributed by atoms with E-state index in [1.165, 1.54) is 12.1 Å². The largest absolute Gasteiger partial charge is 0.392 e. The van der Waals surface area contributed by atoms with Crippen LogP contribution in [0.5, 0.6) is 0 Å². The molecule has 3 heterocycles. The zero-order chi connectivity index (χ0) is 18.1. The van der Waals surface area contributed by atoms with Gasteiger partial charge in [-0.05, 0) is 31.4 Å². The molecule has 0 bridgehead atoms. The van der Waals surface area contributed by atoms with E-state index in [2.05, 4.69) is 20.4 Å². The number of aromatic nitrogens is 2. The zero-order valence-electron chi connectivity index (χ0n) is 14.5. The number of carbonyl (C=O) groups is 1. The topological polar surface area (TPSA) is 81.2 Å². The summed E-state index contributed by atoms with van der Waals surface area (Å²) in [4.78, 5) is 14.7. The number of aliphatic hydroxyl groups excluding tert-OH is 1. The Bertz CT molecular complexity index is 808. The Morgan fingerprint density at radius 3 is 3.12 bits per heavy atom. The normalized spacial score (nSPS) is 26.8. The van der Waals surface area contributed by atoms with Crippen molar-refractivity contribution >= 4 is 5.91 Å². The van der Waals surface area contributed by atoms with Crippen molar-refractivity contribution in [1.29, 1.82) is 0 Å². The molecule has 26 heavy (non-hydrogen) atoms. The summed E-state index contributed by atoms with van der Waals surface area (Å²) in [6.45, 7) is 2.51. The van der Waals surface area contributed by atoms with Crippen LogP contribution in [0.1, 0.15) is 24.8 Å². The van der Waals surface area contributed by atoms with Crippen LogP contribution < -0.4 is 5.32 Å². The fourth-order valence-corrected chi connectivity index (χ4v) is 4.23. The van der Waals surface area contributed by atoms with Gasteiger partial charge in [0.05, 0.1) is 23.4 Å². The monoisotopic (exact) mass is 358 g/mol. The molecule has 4 rings (SSSR count). The fourth-order valence-electron chi connectivity index (χ4n) is 4.23. The first-order valence-electron chi connectivity index (χ1n) is 9.05. The van der Waals surface area contributed by atoms with Gasteiger partial charge in [0.15, 0.2) is 0 Å². The molecule has 1 aromatic carbocycles. The van der Waals surface area contributed by atoms with E-state index >= 15 is 0 Å². The highest BCUT2D eigenvalue weighted by Crippen LogP contribution is 2.38. The molecule has 2 aliphatic heterocycles. The minimum atomic E-state index is -0.723. The molecule has 2 aliphatic rings. The molecule has 3 N–H and O–H groups in total. The van der Waals surface area contributed by atoms with Crippen LogP contribution in [0.15, 0.2) is 30.5 Å². The Morgan fingerprint density at radius 1 is 1.42 bits per heavy atom. The summed E-state index contributed by atoms with van der Waals surface area (Å²) in [6.07, 6.45) is 3.31. The maximum atomic E-state index is 13.6. The Hall–Kier alpha value is -2.25. The number of hydrogen-bond acceptors (Lipinski definition) is 4. The highest BCUT2D eigenvalue weighted by molar-refractivity contribution is 5.84. The van der Waals surface area contributed by atoms with Crippen LogP contribution >= 0.6 is 0 Å². The number of aliphatic hydroxyl groups is 1. The first kappa shape index (κ1) is 17.2. The molecular weight excluding hydrogens is 335 g/mol. The molecule has 0 aliphatic carbocycles.